The van der Waals surface area contributed by atoms with Gasteiger partial charge in [-0.2, -0.15) is 0 Å². The number of primary amides is 1. The standard InChI is InChI=1S/C11H14N2O5/c1-6-2-3-8(13(17)18)7(4-6)11(16)9(14)5-10(12)15/h2-4,9,11,14,16H,5H2,1H3,(H2,12,15). The van der Waals surface area contributed by atoms with Gasteiger partial charge in [-0.15, -0.1) is 0 Å². The predicted octanol–water partition coefficient (Wildman–Crippen LogP) is 0.173. The molecule has 0 fully saturated rings. The summed E-state index contributed by atoms with van der Waals surface area (Å²) in [6, 6.07) is 4.16. The molecular formula is C11H14N2O5. The van der Waals surface area contributed by atoms with E-state index in [0.717, 1.165) is 0 Å². The molecule has 0 heterocycles. The summed E-state index contributed by atoms with van der Waals surface area (Å²) in [5, 5.41) is 30.2. The number of aliphatic hydroxyl groups is 2. The Morgan fingerprint density at radius 3 is 2.61 bits per heavy atom. The zero-order valence-corrected chi connectivity index (χ0v) is 9.74. The molecule has 0 saturated heterocycles. The molecule has 2 atom stereocenters. The number of benzene rings is 1. The number of nitrogens with two attached hydrogens (primary N) is 1. The van der Waals surface area contributed by atoms with Crippen LogP contribution in [0.1, 0.15) is 23.7 Å². The van der Waals surface area contributed by atoms with Crippen molar-refractivity contribution in [1.82, 2.24) is 0 Å². The minimum absolute atomic E-state index is 0.0336. The van der Waals surface area contributed by atoms with Crippen LogP contribution in [0.2, 0.25) is 0 Å². The maximum Gasteiger partial charge on any atom is 0.275 e. The fourth-order valence-corrected chi connectivity index (χ4v) is 1.60. The van der Waals surface area contributed by atoms with E-state index in [-0.39, 0.29) is 11.3 Å². The third kappa shape index (κ3) is 3.25. The topological polar surface area (TPSA) is 127 Å². The van der Waals surface area contributed by atoms with E-state index in [1.54, 1.807) is 6.92 Å². The summed E-state index contributed by atoms with van der Waals surface area (Å²) in [4.78, 5) is 20.8. The number of aliphatic hydroxyl groups excluding tert-OH is 2. The van der Waals surface area contributed by atoms with E-state index in [0.29, 0.717) is 5.56 Å². The molecule has 1 rings (SSSR count). The molecule has 7 nitrogen and oxygen atoms in total. The normalized spacial score (nSPS) is 13.9. The Balaban J connectivity index is 3.10. The number of amides is 1. The molecule has 0 spiro atoms. The number of aryl methyl sites for hydroxylation is 1. The molecule has 2 unspecified atom stereocenters. The Morgan fingerprint density at radius 1 is 1.50 bits per heavy atom. The summed E-state index contributed by atoms with van der Waals surface area (Å²) in [7, 11) is 0. The van der Waals surface area contributed by atoms with Gasteiger partial charge in [-0.3, -0.25) is 14.9 Å². The highest BCUT2D eigenvalue weighted by molar-refractivity contribution is 5.74. The first-order valence-electron chi connectivity index (χ1n) is 5.22. The number of carbonyl (C=O) groups excluding carboxylic acids is 1. The Morgan fingerprint density at radius 2 is 2.11 bits per heavy atom. The van der Waals surface area contributed by atoms with Crippen LogP contribution in [0, 0.1) is 17.0 Å². The minimum atomic E-state index is -1.53. The summed E-state index contributed by atoms with van der Waals surface area (Å²) < 4.78 is 0. The Kier molecular flexibility index (Phi) is 4.35. The van der Waals surface area contributed by atoms with Gasteiger partial charge in [-0.25, -0.2) is 0 Å². The molecule has 1 aromatic rings. The van der Waals surface area contributed by atoms with Crippen LogP contribution in [-0.2, 0) is 4.79 Å². The van der Waals surface area contributed by atoms with E-state index in [1.165, 1.54) is 18.2 Å². The number of nitro groups is 1. The molecular weight excluding hydrogens is 240 g/mol. The molecule has 0 aliphatic heterocycles. The van der Waals surface area contributed by atoms with E-state index >= 15 is 0 Å². The molecule has 0 aromatic heterocycles. The van der Waals surface area contributed by atoms with Crippen molar-refractivity contribution in [2.75, 3.05) is 0 Å². The van der Waals surface area contributed by atoms with Crippen molar-refractivity contribution in [2.24, 2.45) is 5.73 Å². The van der Waals surface area contributed by atoms with Crippen molar-refractivity contribution in [3.8, 4) is 0 Å². The van der Waals surface area contributed by atoms with Gasteiger partial charge in [0.1, 0.15) is 6.10 Å². The van der Waals surface area contributed by atoms with Gasteiger partial charge >= 0.3 is 0 Å². The molecule has 18 heavy (non-hydrogen) atoms. The summed E-state index contributed by atoms with van der Waals surface area (Å²) in [5.41, 5.74) is 5.25. The fourth-order valence-electron chi connectivity index (χ4n) is 1.60. The average molecular weight is 254 g/mol. The first kappa shape index (κ1) is 14.1. The van der Waals surface area contributed by atoms with Crippen molar-refractivity contribution in [1.29, 1.82) is 0 Å². The number of rotatable bonds is 5. The highest BCUT2D eigenvalue weighted by atomic mass is 16.6. The number of nitrogens with zero attached hydrogens (tertiary/aromatic N) is 1. The van der Waals surface area contributed by atoms with Crippen LogP contribution in [0.25, 0.3) is 0 Å². The smallest absolute Gasteiger partial charge is 0.275 e. The van der Waals surface area contributed by atoms with Crippen LogP contribution in [0.5, 0.6) is 0 Å². The monoisotopic (exact) mass is 254 g/mol. The molecule has 7 heteroatoms. The highest BCUT2D eigenvalue weighted by Gasteiger charge is 2.27. The van der Waals surface area contributed by atoms with Crippen LogP contribution >= 0.6 is 0 Å². The fraction of sp³-hybridized carbons (Fsp3) is 0.364. The van der Waals surface area contributed by atoms with Crippen molar-refractivity contribution >= 4 is 11.6 Å². The van der Waals surface area contributed by atoms with E-state index < -0.39 is 29.5 Å². The van der Waals surface area contributed by atoms with Crippen LogP contribution in [0.15, 0.2) is 18.2 Å². The summed E-state index contributed by atoms with van der Waals surface area (Å²) in [6.07, 6.45) is -3.47. The molecule has 4 N–H and O–H groups in total. The van der Waals surface area contributed by atoms with E-state index in [2.05, 4.69) is 0 Å². The van der Waals surface area contributed by atoms with E-state index in [4.69, 9.17) is 5.73 Å². The molecule has 0 radical (unpaired) electrons. The molecule has 98 valence electrons. The zero-order chi connectivity index (χ0) is 13.9. The second-order valence-corrected chi connectivity index (χ2v) is 4.00. The Bertz CT molecular complexity index is 475. The van der Waals surface area contributed by atoms with Gasteiger partial charge in [0.2, 0.25) is 5.91 Å². The molecule has 0 aliphatic rings. The van der Waals surface area contributed by atoms with Gasteiger partial charge < -0.3 is 15.9 Å². The third-order valence-corrected chi connectivity index (χ3v) is 2.47. The van der Waals surface area contributed by atoms with Gasteiger partial charge in [0.15, 0.2) is 0 Å². The van der Waals surface area contributed by atoms with Gasteiger partial charge in [-0.05, 0) is 13.0 Å². The van der Waals surface area contributed by atoms with Gasteiger partial charge in [-0.1, -0.05) is 11.6 Å². The number of carbonyl (C=O) groups is 1. The maximum atomic E-state index is 10.8. The van der Waals surface area contributed by atoms with E-state index in [9.17, 15) is 25.1 Å². The van der Waals surface area contributed by atoms with Crippen LogP contribution in [-0.4, -0.2) is 27.1 Å². The third-order valence-electron chi connectivity index (χ3n) is 2.47. The Labute approximate surface area is 103 Å². The highest BCUT2D eigenvalue weighted by Crippen LogP contribution is 2.29. The summed E-state index contributed by atoms with van der Waals surface area (Å²) in [6.45, 7) is 1.69. The zero-order valence-electron chi connectivity index (χ0n) is 9.74. The Hall–Kier alpha value is -1.99. The molecule has 1 amide bonds. The lowest BCUT2D eigenvalue weighted by Crippen LogP contribution is -2.26. The lowest BCUT2D eigenvalue weighted by molar-refractivity contribution is -0.386. The first-order chi connectivity index (χ1) is 8.32. The first-order valence-corrected chi connectivity index (χ1v) is 5.22. The number of hydrogen-bond donors (Lipinski definition) is 3. The summed E-state index contributed by atoms with van der Waals surface area (Å²) in [5.74, 6) is -0.795. The maximum absolute atomic E-state index is 10.8. The quantitative estimate of drug-likeness (QED) is 0.510. The predicted molar refractivity (Wildman–Crippen MR) is 62.6 cm³/mol. The second-order valence-electron chi connectivity index (χ2n) is 4.00. The molecule has 0 aliphatic carbocycles. The van der Waals surface area contributed by atoms with Gasteiger partial charge in [0.05, 0.1) is 23.0 Å². The minimum Gasteiger partial charge on any atom is -0.390 e. The second kappa shape index (κ2) is 5.56. The van der Waals surface area contributed by atoms with Crippen molar-refractivity contribution in [3.05, 3.63) is 39.4 Å². The largest absolute Gasteiger partial charge is 0.390 e. The number of hydrogen-bond acceptors (Lipinski definition) is 5. The lowest BCUT2D eigenvalue weighted by atomic mass is 9.98. The number of nitro benzene ring substituents is 1. The van der Waals surface area contributed by atoms with E-state index in [1.807, 2.05) is 0 Å². The average Bonchev–Trinajstić information content (AvgIpc) is 2.26. The summed E-state index contributed by atoms with van der Waals surface area (Å²) >= 11 is 0. The van der Waals surface area contributed by atoms with Crippen LogP contribution in [0.4, 0.5) is 5.69 Å². The van der Waals surface area contributed by atoms with Gasteiger partial charge in [0.25, 0.3) is 5.69 Å². The van der Waals surface area contributed by atoms with Crippen molar-refractivity contribution < 1.29 is 19.9 Å². The SMILES string of the molecule is Cc1ccc([N+](=O)[O-])c(C(O)C(O)CC(N)=O)c1. The lowest BCUT2D eigenvalue weighted by Gasteiger charge is -2.17. The van der Waals surface area contributed by atoms with Crippen LogP contribution < -0.4 is 5.73 Å². The molecule has 1 aromatic carbocycles. The molecule has 0 bridgehead atoms. The molecule has 0 saturated carbocycles. The van der Waals surface area contributed by atoms with Crippen molar-refractivity contribution in [2.45, 2.75) is 25.6 Å². The van der Waals surface area contributed by atoms with Crippen molar-refractivity contribution in [3.63, 3.8) is 0 Å². The van der Waals surface area contributed by atoms with Gasteiger partial charge in [0, 0.05) is 6.07 Å². The van der Waals surface area contributed by atoms with Crippen LogP contribution in [0.3, 0.4) is 0 Å².